The summed E-state index contributed by atoms with van der Waals surface area (Å²) in [4.78, 5) is 29.2. The SMILES string of the molecule is CCCOc1cccc(C2c3c(oc4ccc(Cl)cc4c3=O)C(=O)N2CCc2ccc(OC)c(OC)c2)c1. The maximum absolute atomic E-state index is 13.8. The highest BCUT2D eigenvalue weighted by atomic mass is 35.5. The van der Waals surface area contributed by atoms with Gasteiger partial charge >= 0.3 is 0 Å². The third kappa shape index (κ3) is 4.70. The van der Waals surface area contributed by atoms with Gasteiger partial charge in [0.2, 0.25) is 5.76 Å². The smallest absolute Gasteiger partial charge is 0.290 e. The molecule has 38 heavy (non-hydrogen) atoms. The molecule has 1 atom stereocenters. The van der Waals surface area contributed by atoms with Gasteiger partial charge in [0.1, 0.15) is 11.3 Å². The average molecular weight is 534 g/mol. The van der Waals surface area contributed by atoms with Gasteiger partial charge in [-0.25, -0.2) is 0 Å². The Labute approximate surface area is 225 Å². The minimum atomic E-state index is -0.637. The average Bonchev–Trinajstić information content (AvgIpc) is 3.22. The molecular weight excluding hydrogens is 506 g/mol. The molecule has 1 aromatic heterocycles. The molecule has 2 heterocycles. The number of carbonyl (C=O) groups is 1. The molecule has 196 valence electrons. The Hall–Kier alpha value is -3.97. The molecule has 0 saturated carbocycles. The summed E-state index contributed by atoms with van der Waals surface area (Å²) in [6, 6.07) is 17.4. The van der Waals surface area contributed by atoms with Crippen LogP contribution in [0.25, 0.3) is 11.0 Å². The van der Waals surface area contributed by atoms with Gasteiger partial charge in [0.15, 0.2) is 16.9 Å². The van der Waals surface area contributed by atoms with Crippen LogP contribution >= 0.6 is 11.6 Å². The Balaban J connectivity index is 1.58. The second-order valence-corrected chi connectivity index (χ2v) is 9.51. The van der Waals surface area contributed by atoms with Crippen molar-refractivity contribution >= 4 is 28.5 Å². The zero-order valence-corrected chi connectivity index (χ0v) is 22.2. The van der Waals surface area contributed by atoms with Crippen molar-refractivity contribution in [2.45, 2.75) is 25.8 Å². The molecule has 7 nitrogen and oxygen atoms in total. The van der Waals surface area contributed by atoms with E-state index in [4.69, 9.17) is 30.2 Å². The molecule has 8 heteroatoms. The van der Waals surface area contributed by atoms with Crippen molar-refractivity contribution in [3.8, 4) is 17.2 Å². The number of fused-ring (bicyclic) bond motifs is 2. The fraction of sp³-hybridized carbons (Fsp3) is 0.267. The first-order valence-electron chi connectivity index (χ1n) is 12.5. The number of hydrogen-bond acceptors (Lipinski definition) is 6. The number of halogens is 1. The normalized spacial score (nSPS) is 14.6. The van der Waals surface area contributed by atoms with Crippen LogP contribution in [0.3, 0.4) is 0 Å². The number of carbonyl (C=O) groups excluding carboxylic acids is 1. The van der Waals surface area contributed by atoms with Crippen LogP contribution < -0.4 is 19.6 Å². The Morgan fingerprint density at radius 2 is 1.79 bits per heavy atom. The molecule has 0 fully saturated rings. The number of rotatable bonds is 9. The number of nitrogens with zero attached hydrogens (tertiary/aromatic N) is 1. The van der Waals surface area contributed by atoms with Crippen molar-refractivity contribution in [3.63, 3.8) is 0 Å². The molecule has 0 aliphatic carbocycles. The van der Waals surface area contributed by atoms with Crippen LogP contribution in [-0.4, -0.2) is 38.2 Å². The van der Waals surface area contributed by atoms with Crippen molar-refractivity contribution in [1.82, 2.24) is 4.90 Å². The highest BCUT2D eigenvalue weighted by Gasteiger charge is 2.42. The zero-order chi connectivity index (χ0) is 26.8. The highest BCUT2D eigenvalue weighted by Crippen LogP contribution is 2.39. The summed E-state index contributed by atoms with van der Waals surface area (Å²) in [6.07, 6.45) is 1.39. The molecule has 1 amide bonds. The molecule has 0 spiro atoms. The zero-order valence-electron chi connectivity index (χ0n) is 21.5. The third-order valence-electron chi connectivity index (χ3n) is 6.66. The van der Waals surface area contributed by atoms with Gasteiger partial charge in [0.25, 0.3) is 5.91 Å². The molecule has 4 aromatic rings. The molecular formula is C30H28ClNO6. The predicted octanol–water partition coefficient (Wildman–Crippen LogP) is 6.04. The van der Waals surface area contributed by atoms with Crippen molar-refractivity contribution in [1.29, 1.82) is 0 Å². The quantitative estimate of drug-likeness (QED) is 0.261. The second kappa shape index (κ2) is 10.8. The van der Waals surface area contributed by atoms with Gasteiger partial charge in [0.05, 0.1) is 37.8 Å². The van der Waals surface area contributed by atoms with Crippen molar-refractivity contribution < 1.29 is 23.4 Å². The molecule has 0 radical (unpaired) electrons. The lowest BCUT2D eigenvalue weighted by Gasteiger charge is -2.25. The van der Waals surface area contributed by atoms with Gasteiger partial charge in [0, 0.05) is 11.6 Å². The van der Waals surface area contributed by atoms with Crippen molar-refractivity contribution in [2.24, 2.45) is 0 Å². The largest absolute Gasteiger partial charge is 0.494 e. The monoisotopic (exact) mass is 533 g/mol. The third-order valence-corrected chi connectivity index (χ3v) is 6.90. The Bertz CT molecular complexity index is 1560. The predicted molar refractivity (Wildman–Crippen MR) is 146 cm³/mol. The summed E-state index contributed by atoms with van der Waals surface area (Å²) in [7, 11) is 3.17. The molecule has 5 rings (SSSR count). The van der Waals surface area contributed by atoms with Gasteiger partial charge in [-0.2, -0.15) is 0 Å². The van der Waals surface area contributed by atoms with E-state index in [1.165, 1.54) is 0 Å². The van der Waals surface area contributed by atoms with Gasteiger partial charge in [-0.05, 0) is 66.4 Å². The van der Waals surface area contributed by atoms with Crippen LogP contribution in [-0.2, 0) is 6.42 Å². The number of ether oxygens (including phenoxy) is 3. The Morgan fingerprint density at radius 3 is 2.55 bits per heavy atom. The maximum atomic E-state index is 13.8. The lowest BCUT2D eigenvalue weighted by molar-refractivity contribution is 0.0729. The lowest BCUT2D eigenvalue weighted by Crippen LogP contribution is -2.31. The van der Waals surface area contributed by atoms with E-state index in [-0.39, 0.29) is 17.1 Å². The summed E-state index contributed by atoms with van der Waals surface area (Å²) >= 11 is 6.19. The van der Waals surface area contributed by atoms with Gasteiger partial charge < -0.3 is 23.5 Å². The number of benzene rings is 3. The Kier molecular flexibility index (Phi) is 7.29. The van der Waals surface area contributed by atoms with E-state index in [9.17, 15) is 9.59 Å². The van der Waals surface area contributed by atoms with Crippen molar-refractivity contribution in [3.05, 3.63) is 98.4 Å². The van der Waals surface area contributed by atoms with Crippen LogP contribution in [0.2, 0.25) is 5.02 Å². The van der Waals surface area contributed by atoms with Crippen molar-refractivity contribution in [2.75, 3.05) is 27.4 Å². The lowest BCUT2D eigenvalue weighted by atomic mass is 9.98. The highest BCUT2D eigenvalue weighted by molar-refractivity contribution is 6.31. The first-order chi connectivity index (χ1) is 18.4. The van der Waals surface area contributed by atoms with E-state index in [2.05, 4.69) is 0 Å². The second-order valence-electron chi connectivity index (χ2n) is 9.08. The van der Waals surface area contributed by atoms with Crippen LogP contribution in [0.4, 0.5) is 0 Å². The van der Waals surface area contributed by atoms with E-state index in [1.807, 2.05) is 49.4 Å². The minimum absolute atomic E-state index is 0.0574. The van der Waals surface area contributed by atoms with E-state index in [0.717, 1.165) is 17.5 Å². The molecule has 1 aliphatic rings. The van der Waals surface area contributed by atoms with E-state index in [1.54, 1.807) is 37.3 Å². The summed E-state index contributed by atoms with van der Waals surface area (Å²) in [5.41, 5.74) is 2.10. The number of amides is 1. The minimum Gasteiger partial charge on any atom is -0.494 e. The van der Waals surface area contributed by atoms with Crippen LogP contribution in [0.1, 0.15) is 46.6 Å². The topological polar surface area (TPSA) is 78.2 Å². The molecule has 1 unspecified atom stereocenters. The standard InChI is InChI=1S/C30H28ClNO6/c1-4-14-37-21-7-5-6-19(16-21)27-26-28(33)22-17-20(31)9-11-23(22)38-29(26)30(34)32(27)13-12-18-8-10-24(35-2)25(15-18)36-3/h5-11,15-17,27H,4,12-14H2,1-3H3. The summed E-state index contributed by atoms with van der Waals surface area (Å²) in [5.74, 6) is 1.64. The fourth-order valence-electron chi connectivity index (χ4n) is 4.85. The first-order valence-corrected chi connectivity index (χ1v) is 12.8. The number of methoxy groups -OCH3 is 2. The summed E-state index contributed by atoms with van der Waals surface area (Å²) in [5, 5.41) is 0.764. The van der Waals surface area contributed by atoms with Gasteiger partial charge in [-0.15, -0.1) is 0 Å². The summed E-state index contributed by atoms with van der Waals surface area (Å²) < 4.78 is 22.7. The fourth-order valence-corrected chi connectivity index (χ4v) is 5.02. The van der Waals surface area contributed by atoms with Crippen LogP contribution in [0.5, 0.6) is 17.2 Å². The molecule has 1 aliphatic heterocycles. The molecule has 0 N–H and O–H groups in total. The van der Waals surface area contributed by atoms with E-state index in [0.29, 0.717) is 58.4 Å². The van der Waals surface area contributed by atoms with Gasteiger partial charge in [-0.1, -0.05) is 36.7 Å². The number of hydrogen-bond donors (Lipinski definition) is 0. The molecule has 3 aromatic carbocycles. The first kappa shape index (κ1) is 25.7. The summed E-state index contributed by atoms with van der Waals surface area (Å²) in [6.45, 7) is 2.95. The maximum Gasteiger partial charge on any atom is 0.290 e. The van der Waals surface area contributed by atoms with Crippen LogP contribution in [0, 0.1) is 0 Å². The molecule has 0 saturated heterocycles. The van der Waals surface area contributed by atoms with Crippen LogP contribution in [0.15, 0.2) is 69.9 Å². The van der Waals surface area contributed by atoms with Gasteiger partial charge in [-0.3, -0.25) is 9.59 Å². The van der Waals surface area contributed by atoms with E-state index < -0.39 is 6.04 Å². The Morgan fingerprint density at radius 1 is 0.974 bits per heavy atom. The van der Waals surface area contributed by atoms with E-state index >= 15 is 0 Å². The molecule has 0 bridgehead atoms.